The number of carbonyl (C=O) groups is 1. The Morgan fingerprint density at radius 2 is 1.80 bits per heavy atom. The molecule has 0 amide bonds. The second-order valence-electron chi connectivity index (χ2n) is 4.07. The van der Waals surface area contributed by atoms with Gasteiger partial charge >= 0.3 is 5.97 Å². The Morgan fingerprint density at radius 3 is 2.25 bits per heavy atom. The minimum atomic E-state index is -3.10. The van der Waals surface area contributed by atoms with Crippen LogP contribution in [0.2, 0.25) is 0 Å². The second-order valence-corrected chi connectivity index (χ2v) is 8.09. The zero-order valence-electron chi connectivity index (χ0n) is 10.7. The van der Waals surface area contributed by atoms with Gasteiger partial charge in [-0.25, -0.2) is 13.2 Å². The molecule has 1 N–H and O–H groups in total. The number of hydrogen-bond acceptors (Lipinski definition) is 4. The van der Waals surface area contributed by atoms with E-state index in [1.165, 1.54) is 12.1 Å². The van der Waals surface area contributed by atoms with Crippen molar-refractivity contribution >= 4 is 47.7 Å². The lowest BCUT2D eigenvalue weighted by molar-refractivity contribution is 0.0696. The molecule has 1 aromatic carbocycles. The van der Waals surface area contributed by atoms with Gasteiger partial charge in [-0.3, -0.25) is 0 Å². The fourth-order valence-corrected chi connectivity index (χ4v) is 4.08. The number of ether oxygens (including phenoxy) is 1. The van der Waals surface area contributed by atoms with E-state index < -0.39 is 15.8 Å². The maximum absolute atomic E-state index is 11.6. The number of halogens is 2. The van der Waals surface area contributed by atoms with Crippen molar-refractivity contribution in [1.29, 1.82) is 0 Å². The maximum atomic E-state index is 11.6. The van der Waals surface area contributed by atoms with E-state index in [0.29, 0.717) is 21.1 Å². The van der Waals surface area contributed by atoms with Crippen molar-refractivity contribution in [3.8, 4) is 5.75 Å². The van der Waals surface area contributed by atoms with Crippen molar-refractivity contribution in [2.75, 3.05) is 18.1 Å². The molecule has 0 aliphatic heterocycles. The largest absolute Gasteiger partial charge is 0.490 e. The van der Waals surface area contributed by atoms with E-state index in [0.717, 1.165) is 0 Å². The first-order valence-corrected chi connectivity index (χ1v) is 9.23. The average molecular weight is 430 g/mol. The van der Waals surface area contributed by atoms with Gasteiger partial charge in [-0.2, -0.15) is 0 Å². The number of benzene rings is 1. The molecule has 0 fully saturated rings. The predicted molar refractivity (Wildman–Crippen MR) is 83.2 cm³/mol. The number of sulfone groups is 1. The molecule has 5 nitrogen and oxygen atoms in total. The predicted octanol–water partition coefficient (Wildman–Crippen LogP) is 3.11. The molecule has 0 heterocycles. The Hall–Kier alpha value is -0.600. The van der Waals surface area contributed by atoms with Crippen LogP contribution in [-0.2, 0) is 9.84 Å². The van der Waals surface area contributed by atoms with Gasteiger partial charge < -0.3 is 9.84 Å². The van der Waals surface area contributed by atoms with E-state index in [9.17, 15) is 13.2 Å². The van der Waals surface area contributed by atoms with E-state index >= 15 is 0 Å². The molecule has 0 bridgehead atoms. The molecule has 1 aromatic rings. The van der Waals surface area contributed by atoms with Crippen LogP contribution in [0.15, 0.2) is 21.1 Å². The molecular formula is C12H14Br2O5S. The molecular weight excluding hydrogens is 416 g/mol. The number of hydrogen-bond donors (Lipinski definition) is 1. The van der Waals surface area contributed by atoms with Crippen LogP contribution in [0, 0.1) is 0 Å². The van der Waals surface area contributed by atoms with Gasteiger partial charge in [-0.05, 0) is 50.4 Å². The summed E-state index contributed by atoms with van der Waals surface area (Å²) in [6, 6.07) is 2.81. The zero-order chi connectivity index (χ0) is 15.3. The summed E-state index contributed by atoms with van der Waals surface area (Å²) in [5.74, 6) is -0.595. The highest BCUT2D eigenvalue weighted by molar-refractivity contribution is 9.11. The summed E-state index contributed by atoms with van der Waals surface area (Å²) in [7, 11) is -3.10. The van der Waals surface area contributed by atoms with E-state index in [1.807, 2.05) is 0 Å². The Morgan fingerprint density at radius 1 is 1.25 bits per heavy atom. The van der Waals surface area contributed by atoms with Crippen LogP contribution in [0.3, 0.4) is 0 Å². The molecule has 0 saturated heterocycles. The van der Waals surface area contributed by atoms with Gasteiger partial charge in [-0.15, -0.1) is 0 Å². The molecule has 0 aliphatic rings. The Kier molecular flexibility index (Phi) is 6.47. The third-order valence-corrected chi connectivity index (χ3v) is 5.40. The number of rotatable bonds is 7. The summed E-state index contributed by atoms with van der Waals surface area (Å²) in [4.78, 5) is 10.9. The van der Waals surface area contributed by atoms with E-state index in [-0.39, 0.29) is 23.7 Å². The smallest absolute Gasteiger partial charge is 0.335 e. The van der Waals surface area contributed by atoms with Crippen LogP contribution < -0.4 is 4.74 Å². The lowest BCUT2D eigenvalue weighted by Crippen LogP contribution is -2.17. The minimum Gasteiger partial charge on any atom is -0.490 e. The third kappa shape index (κ3) is 5.06. The molecule has 0 aromatic heterocycles. The number of carboxylic acids is 1. The standard InChI is InChI=1S/C12H14Br2O5S/c1-2-4-20(17,18)5-3-19-11-9(13)6-8(12(15)16)7-10(11)14/h6-7H,2-5H2,1H3,(H,15,16). The van der Waals surface area contributed by atoms with Crippen molar-refractivity contribution in [3.05, 3.63) is 26.6 Å². The first kappa shape index (κ1) is 17.5. The van der Waals surface area contributed by atoms with Crippen molar-refractivity contribution in [2.45, 2.75) is 13.3 Å². The van der Waals surface area contributed by atoms with Crippen molar-refractivity contribution < 1.29 is 23.1 Å². The van der Waals surface area contributed by atoms with Gasteiger partial charge in [0, 0.05) is 0 Å². The Bertz CT molecular complexity index is 575. The van der Waals surface area contributed by atoms with Crippen LogP contribution in [0.4, 0.5) is 0 Å². The topological polar surface area (TPSA) is 80.7 Å². The van der Waals surface area contributed by atoms with Gasteiger partial charge in [0.1, 0.15) is 12.4 Å². The quantitative estimate of drug-likeness (QED) is 0.720. The van der Waals surface area contributed by atoms with Gasteiger partial charge in [0.15, 0.2) is 9.84 Å². The Balaban J connectivity index is 2.77. The molecule has 0 radical (unpaired) electrons. The maximum Gasteiger partial charge on any atom is 0.335 e. The summed E-state index contributed by atoms with van der Waals surface area (Å²) in [6.07, 6.45) is 0.572. The first-order valence-electron chi connectivity index (χ1n) is 5.82. The van der Waals surface area contributed by atoms with Crippen LogP contribution >= 0.6 is 31.9 Å². The average Bonchev–Trinajstić information content (AvgIpc) is 2.32. The van der Waals surface area contributed by atoms with Crippen LogP contribution in [0.25, 0.3) is 0 Å². The molecule has 0 saturated carbocycles. The first-order chi connectivity index (χ1) is 9.26. The fraction of sp³-hybridized carbons (Fsp3) is 0.417. The van der Waals surface area contributed by atoms with Crippen LogP contribution in [0.5, 0.6) is 5.75 Å². The molecule has 8 heteroatoms. The molecule has 20 heavy (non-hydrogen) atoms. The number of aromatic carboxylic acids is 1. The lowest BCUT2D eigenvalue weighted by atomic mass is 10.2. The van der Waals surface area contributed by atoms with Crippen molar-refractivity contribution in [2.24, 2.45) is 0 Å². The van der Waals surface area contributed by atoms with Crippen molar-refractivity contribution in [1.82, 2.24) is 0 Å². The van der Waals surface area contributed by atoms with E-state index in [1.54, 1.807) is 6.92 Å². The summed E-state index contributed by atoms with van der Waals surface area (Å²) in [5, 5.41) is 8.90. The van der Waals surface area contributed by atoms with Gasteiger partial charge in [-0.1, -0.05) is 6.92 Å². The molecule has 1 rings (SSSR count). The van der Waals surface area contributed by atoms with Crippen molar-refractivity contribution in [3.63, 3.8) is 0 Å². The van der Waals surface area contributed by atoms with Crippen LogP contribution in [0.1, 0.15) is 23.7 Å². The molecule has 0 aliphatic carbocycles. The highest BCUT2D eigenvalue weighted by Gasteiger charge is 2.14. The third-order valence-electron chi connectivity index (χ3n) is 2.40. The zero-order valence-corrected chi connectivity index (χ0v) is 14.7. The van der Waals surface area contributed by atoms with Gasteiger partial charge in [0.05, 0.1) is 26.0 Å². The minimum absolute atomic E-state index is 0.0198. The van der Waals surface area contributed by atoms with Crippen LogP contribution in [-0.4, -0.2) is 37.6 Å². The van der Waals surface area contributed by atoms with Gasteiger partial charge in [0.25, 0.3) is 0 Å². The number of carboxylic acid groups (broad SMARTS) is 1. The molecule has 0 atom stereocenters. The van der Waals surface area contributed by atoms with Gasteiger partial charge in [0.2, 0.25) is 0 Å². The Labute approximate surface area is 134 Å². The summed E-state index contributed by atoms with van der Waals surface area (Å²) in [6.45, 7) is 1.82. The summed E-state index contributed by atoms with van der Waals surface area (Å²) >= 11 is 6.42. The summed E-state index contributed by atoms with van der Waals surface area (Å²) < 4.78 is 29.4. The van der Waals surface area contributed by atoms with E-state index in [4.69, 9.17) is 9.84 Å². The highest BCUT2D eigenvalue weighted by atomic mass is 79.9. The highest BCUT2D eigenvalue weighted by Crippen LogP contribution is 2.34. The van der Waals surface area contributed by atoms with E-state index in [2.05, 4.69) is 31.9 Å². The summed E-state index contributed by atoms with van der Waals surface area (Å²) in [5.41, 5.74) is 0.106. The fourth-order valence-electron chi connectivity index (χ4n) is 1.51. The SMILES string of the molecule is CCCS(=O)(=O)CCOc1c(Br)cc(C(=O)O)cc1Br. The lowest BCUT2D eigenvalue weighted by Gasteiger charge is -2.11. The normalized spacial score (nSPS) is 11.3. The molecule has 0 unspecified atom stereocenters. The molecule has 0 spiro atoms. The monoisotopic (exact) mass is 428 g/mol. The molecule has 112 valence electrons. The second kappa shape index (κ2) is 7.42.